The van der Waals surface area contributed by atoms with Gasteiger partial charge in [0, 0.05) is 19.7 Å². The van der Waals surface area contributed by atoms with Gasteiger partial charge in [-0.15, -0.1) is 6.58 Å². The van der Waals surface area contributed by atoms with Crippen LogP contribution in [0.2, 0.25) is 0 Å². The van der Waals surface area contributed by atoms with Crippen molar-refractivity contribution in [1.82, 2.24) is 4.90 Å². The molecule has 0 radical (unpaired) electrons. The van der Waals surface area contributed by atoms with Crippen LogP contribution in [0.4, 0.5) is 0 Å². The predicted molar refractivity (Wildman–Crippen MR) is 77.9 cm³/mol. The molecule has 4 heteroatoms. The summed E-state index contributed by atoms with van der Waals surface area (Å²) in [6.45, 7) is 7.59. The standard InChI is InChI=1S/C16H20N2O2/c1-3-9-18(16(19)8-10-20-4-2)13-15-7-5-6-14(11-15)12-17/h3,5-7,11H,1,4,8-10,13H2,2H3. The Hall–Kier alpha value is -2.12. The fraction of sp³-hybridized carbons (Fsp3) is 0.375. The average Bonchev–Trinajstić information content (AvgIpc) is 2.47. The van der Waals surface area contributed by atoms with Crippen LogP contribution in [-0.2, 0) is 16.1 Å². The van der Waals surface area contributed by atoms with E-state index in [1.165, 1.54) is 0 Å². The lowest BCUT2D eigenvalue weighted by Crippen LogP contribution is -2.31. The minimum absolute atomic E-state index is 0.0284. The van der Waals surface area contributed by atoms with E-state index < -0.39 is 0 Å². The number of carbonyl (C=O) groups excluding carboxylic acids is 1. The van der Waals surface area contributed by atoms with Crippen LogP contribution in [0, 0.1) is 11.3 Å². The minimum Gasteiger partial charge on any atom is -0.381 e. The number of carbonyl (C=O) groups is 1. The number of benzene rings is 1. The molecule has 0 fully saturated rings. The number of rotatable bonds is 8. The third kappa shape index (κ3) is 5.25. The molecule has 0 aliphatic rings. The molecule has 1 aromatic carbocycles. The number of nitriles is 1. The van der Waals surface area contributed by atoms with Crippen LogP contribution in [0.1, 0.15) is 24.5 Å². The second kappa shape index (κ2) is 8.89. The zero-order valence-electron chi connectivity index (χ0n) is 11.8. The largest absolute Gasteiger partial charge is 0.381 e. The van der Waals surface area contributed by atoms with E-state index in [4.69, 9.17) is 10.00 Å². The first-order chi connectivity index (χ1) is 9.71. The smallest absolute Gasteiger partial charge is 0.225 e. The van der Waals surface area contributed by atoms with E-state index in [-0.39, 0.29) is 5.91 Å². The molecule has 0 unspecified atom stereocenters. The Morgan fingerprint density at radius 3 is 3.00 bits per heavy atom. The number of hydrogen-bond acceptors (Lipinski definition) is 3. The minimum atomic E-state index is 0.0284. The van der Waals surface area contributed by atoms with Crippen molar-refractivity contribution in [3.05, 3.63) is 48.0 Å². The highest BCUT2D eigenvalue weighted by molar-refractivity contribution is 5.76. The molecule has 0 saturated carbocycles. The highest BCUT2D eigenvalue weighted by atomic mass is 16.5. The maximum Gasteiger partial charge on any atom is 0.225 e. The molecule has 0 aliphatic heterocycles. The van der Waals surface area contributed by atoms with Gasteiger partial charge in [-0.1, -0.05) is 18.2 Å². The Morgan fingerprint density at radius 1 is 1.55 bits per heavy atom. The lowest BCUT2D eigenvalue weighted by atomic mass is 10.1. The molecule has 0 saturated heterocycles. The molecule has 20 heavy (non-hydrogen) atoms. The first-order valence-corrected chi connectivity index (χ1v) is 6.66. The molecule has 0 atom stereocenters. The summed E-state index contributed by atoms with van der Waals surface area (Å²) >= 11 is 0. The Balaban J connectivity index is 2.68. The van der Waals surface area contributed by atoms with Crippen LogP contribution in [0.15, 0.2) is 36.9 Å². The van der Waals surface area contributed by atoms with Crippen molar-refractivity contribution >= 4 is 5.91 Å². The topological polar surface area (TPSA) is 53.3 Å². The number of nitrogens with zero attached hydrogens (tertiary/aromatic N) is 2. The Bertz CT molecular complexity index is 491. The second-order valence-electron chi connectivity index (χ2n) is 4.32. The van der Waals surface area contributed by atoms with Crippen molar-refractivity contribution in [2.75, 3.05) is 19.8 Å². The van der Waals surface area contributed by atoms with Gasteiger partial charge in [0.1, 0.15) is 0 Å². The van der Waals surface area contributed by atoms with Crippen molar-refractivity contribution in [1.29, 1.82) is 5.26 Å². The predicted octanol–water partition coefficient (Wildman–Crippen LogP) is 2.50. The third-order valence-electron chi connectivity index (χ3n) is 2.80. The fourth-order valence-electron chi connectivity index (χ4n) is 1.83. The van der Waals surface area contributed by atoms with Gasteiger partial charge in [0.25, 0.3) is 0 Å². The second-order valence-corrected chi connectivity index (χ2v) is 4.32. The summed E-state index contributed by atoms with van der Waals surface area (Å²) in [5.41, 5.74) is 1.54. The molecule has 106 valence electrons. The van der Waals surface area contributed by atoms with Crippen molar-refractivity contribution < 1.29 is 9.53 Å². The van der Waals surface area contributed by atoms with Gasteiger partial charge in [0.2, 0.25) is 5.91 Å². The van der Waals surface area contributed by atoms with Crippen molar-refractivity contribution in [3.8, 4) is 6.07 Å². The third-order valence-corrected chi connectivity index (χ3v) is 2.80. The molecule has 1 aromatic rings. The van der Waals surface area contributed by atoms with Gasteiger partial charge in [0.05, 0.1) is 24.7 Å². The maximum absolute atomic E-state index is 12.1. The van der Waals surface area contributed by atoms with Crippen molar-refractivity contribution in [3.63, 3.8) is 0 Å². The van der Waals surface area contributed by atoms with E-state index in [0.717, 1.165) is 5.56 Å². The molecule has 0 heterocycles. The van der Waals surface area contributed by atoms with Gasteiger partial charge in [-0.3, -0.25) is 4.79 Å². The lowest BCUT2D eigenvalue weighted by molar-refractivity contribution is -0.132. The Morgan fingerprint density at radius 2 is 2.35 bits per heavy atom. The summed E-state index contributed by atoms with van der Waals surface area (Å²) in [6.07, 6.45) is 2.06. The summed E-state index contributed by atoms with van der Waals surface area (Å²) in [5, 5.41) is 8.89. The van der Waals surface area contributed by atoms with Crippen molar-refractivity contribution in [2.45, 2.75) is 19.9 Å². The molecule has 1 rings (SSSR count). The monoisotopic (exact) mass is 272 g/mol. The molecule has 0 spiro atoms. The van der Waals surface area contributed by atoms with Gasteiger partial charge in [-0.05, 0) is 24.6 Å². The molecule has 0 aliphatic carbocycles. The molecule has 4 nitrogen and oxygen atoms in total. The van der Waals surface area contributed by atoms with Gasteiger partial charge < -0.3 is 9.64 Å². The average molecular weight is 272 g/mol. The van der Waals surface area contributed by atoms with Crippen LogP contribution >= 0.6 is 0 Å². The molecule has 0 aromatic heterocycles. The molecular weight excluding hydrogens is 252 g/mol. The molecule has 0 N–H and O–H groups in total. The zero-order chi connectivity index (χ0) is 14.8. The van der Waals surface area contributed by atoms with E-state index in [1.807, 2.05) is 19.1 Å². The summed E-state index contributed by atoms with van der Waals surface area (Å²) in [6, 6.07) is 9.38. The summed E-state index contributed by atoms with van der Waals surface area (Å²) in [5.74, 6) is 0.0284. The van der Waals surface area contributed by atoms with E-state index in [9.17, 15) is 4.79 Å². The summed E-state index contributed by atoms with van der Waals surface area (Å²) in [4.78, 5) is 13.8. The van der Waals surface area contributed by atoms with Crippen LogP contribution in [0.3, 0.4) is 0 Å². The fourth-order valence-corrected chi connectivity index (χ4v) is 1.83. The van der Waals surface area contributed by atoms with Crippen LogP contribution in [0.5, 0.6) is 0 Å². The van der Waals surface area contributed by atoms with E-state index in [1.54, 1.807) is 23.1 Å². The number of amides is 1. The van der Waals surface area contributed by atoms with Gasteiger partial charge in [-0.25, -0.2) is 0 Å². The van der Waals surface area contributed by atoms with Crippen molar-refractivity contribution in [2.24, 2.45) is 0 Å². The van der Waals surface area contributed by atoms with Crippen LogP contribution < -0.4 is 0 Å². The quantitative estimate of drug-likeness (QED) is 0.539. The molecule has 1 amide bonds. The van der Waals surface area contributed by atoms with Gasteiger partial charge in [0.15, 0.2) is 0 Å². The Kier molecular flexibility index (Phi) is 7.08. The SMILES string of the molecule is C=CCN(Cc1cccc(C#N)c1)C(=O)CCOCC. The lowest BCUT2D eigenvalue weighted by Gasteiger charge is -2.21. The Labute approximate surface area is 120 Å². The van der Waals surface area contributed by atoms with Crippen LogP contribution in [-0.4, -0.2) is 30.6 Å². The normalized spacial score (nSPS) is 9.80. The number of hydrogen-bond donors (Lipinski definition) is 0. The number of ether oxygens (including phenoxy) is 1. The zero-order valence-corrected chi connectivity index (χ0v) is 11.8. The first-order valence-electron chi connectivity index (χ1n) is 6.66. The summed E-state index contributed by atoms with van der Waals surface area (Å²) in [7, 11) is 0. The van der Waals surface area contributed by atoms with Gasteiger partial charge in [-0.2, -0.15) is 5.26 Å². The highest BCUT2D eigenvalue weighted by Gasteiger charge is 2.12. The summed E-state index contributed by atoms with van der Waals surface area (Å²) < 4.78 is 5.20. The van der Waals surface area contributed by atoms with E-state index >= 15 is 0 Å². The highest BCUT2D eigenvalue weighted by Crippen LogP contribution is 2.09. The molecular formula is C16H20N2O2. The van der Waals surface area contributed by atoms with E-state index in [2.05, 4.69) is 12.6 Å². The maximum atomic E-state index is 12.1. The molecule has 0 bridgehead atoms. The van der Waals surface area contributed by atoms with Gasteiger partial charge >= 0.3 is 0 Å². The first kappa shape index (κ1) is 15.9. The van der Waals surface area contributed by atoms with Crippen LogP contribution in [0.25, 0.3) is 0 Å². The van der Waals surface area contributed by atoms with E-state index in [0.29, 0.717) is 38.3 Å².